The highest BCUT2D eigenvalue weighted by atomic mass is 127. The van der Waals surface area contributed by atoms with Crippen molar-refractivity contribution in [2.75, 3.05) is 6.61 Å². The minimum absolute atomic E-state index is 0.0277. The molecule has 0 bridgehead atoms. The maximum atomic E-state index is 12.8. The van der Waals surface area contributed by atoms with E-state index in [9.17, 15) is 4.79 Å². The normalized spacial score (nSPS) is 11.8. The van der Waals surface area contributed by atoms with Crippen LogP contribution in [0.3, 0.4) is 0 Å². The van der Waals surface area contributed by atoms with Gasteiger partial charge in [0, 0.05) is 15.2 Å². The Morgan fingerprint density at radius 1 is 1.18 bits per heavy atom. The second-order valence-electron chi connectivity index (χ2n) is 6.40. The molecule has 6 nitrogen and oxygen atoms in total. The first-order valence-electron chi connectivity index (χ1n) is 9.12. The number of hydrogen-bond acceptors (Lipinski definition) is 5. The highest BCUT2D eigenvalue weighted by Gasteiger charge is 2.22. The van der Waals surface area contributed by atoms with E-state index in [1.54, 1.807) is 4.90 Å². The monoisotopic (exact) mass is 491 g/mol. The van der Waals surface area contributed by atoms with E-state index in [1.165, 1.54) is 0 Å². The predicted molar refractivity (Wildman–Crippen MR) is 115 cm³/mol. The molecule has 1 amide bonds. The fraction of sp³-hybridized carbons (Fsp3) is 0.286. The highest BCUT2D eigenvalue weighted by molar-refractivity contribution is 14.1. The number of ether oxygens (including phenoxy) is 1. The molecule has 0 N–H and O–H groups in total. The van der Waals surface area contributed by atoms with Gasteiger partial charge in [0.1, 0.15) is 12.3 Å². The summed E-state index contributed by atoms with van der Waals surface area (Å²) >= 11 is 2.23. The Bertz CT molecular complexity index is 897. The minimum Gasteiger partial charge on any atom is -0.484 e. The average Bonchev–Trinajstić information content (AvgIpc) is 3.20. The number of carbonyl (C=O) groups excluding carboxylic acids is 1. The van der Waals surface area contributed by atoms with Crippen molar-refractivity contribution in [3.05, 3.63) is 64.1 Å². The van der Waals surface area contributed by atoms with E-state index in [0.29, 0.717) is 17.5 Å². The van der Waals surface area contributed by atoms with E-state index in [0.717, 1.165) is 15.6 Å². The van der Waals surface area contributed by atoms with E-state index >= 15 is 0 Å². The van der Waals surface area contributed by atoms with Crippen molar-refractivity contribution in [2.45, 2.75) is 32.9 Å². The number of amides is 1. The lowest BCUT2D eigenvalue weighted by Crippen LogP contribution is -2.40. The third-order valence-corrected chi connectivity index (χ3v) is 5.14. The van der Waals surface area contributed by atoms with E-state index < -0.39 is 0 Å². The lowest BCUT2D eigenvalue weighted by atomic mass is 10.2. The number of carbonyl (C=O) groups is 1. The van der Waals surface area contributed by atoms with Gasteiger partial charge in [0.2, 0.25) is 11.7 Å². The third-order valence-electron chi connectivity index (χ3n) is 4.42. The van der Waals surface area contributed by atoms with Crippen LogP contribution in [0.5, 0.6) is 5.75 Å². The molecular formula is C21H22IN3O3. The van der Waals surface area contributed by atoms with E-state index in [1.807, 2.05) is 68.4 Å². The lowest BCUT2D eigenvalue weighted by molar-refractivity contribution is -0.136. The molecule has 0 aliphatic heterocycles. The Labute approximate surface area is 178 Å². The number of benzene rings is 2. The number of nitrogens with zero attached hydrogens (tertiary/aromatic N) is 3. The van der Waals surface area contributed by atoms with E-state index in [2.05, 4.69) is 32.7 Å². The van der Waals surface area contributed by atoms with Crippen LogP contribution in [0.1, 0.15) is 26.2 Å². The molecule has 3 rings (SSSR count). The molecule has 0 fully saturated rings. The van der Waals surface area contributed by atoms with Crippen LogP contribution in [0.2, 0.25) is 0 Å². The Hall–Kier alpha value is -2.42. The Balaban J connectivity index is 1.67. The quantitative estimate of drug-likeness (QED) is 0.433. The van der Waals surface area contributed by atoms with Crippen LogP contribution in [0.15, 0.2) is 59.1 Å². The van der Waals surface area contributed by atoms with Crippen LogP contribution in [0, 0.1) is 3.57 Å². The fourth-order valence-corrected chi connectivity index (χ4v) is 3.00. The zero-order valence-corrected chi connectivity index (χ0v) is 18.0. The summed E-state index contributed by atoms with van der Waals surface area (Å²) in [5.74, 6) is 1.47. The third kappa shape index (κ3) is 5.31. The van der Waals surface area contributed by atoms with Crippen LogP contribution in [0.25, 0.3) is 11.4 Å². The van der Waals surface area contributed by atoms with Gasteiger partial charge in [0.15, 0.2) is 6.61 Å². The van der Waals surface area contributed by atoms with Crippen LogP contribution < -0.4 is 4.74 Å². The molecule has 0 aliphatic carbocycles. The first-order valence-corrected chi connectivity index (χ1v) is 10.2. The largest absolute Gasteiger partial charge is 0.484 e. The SMILES string of the molecule is CC[C@@H](C)N(Cc1nc(-c2ccccc2)no1)C(=O)COc1ccc(I)cc1. The summed E-state index contributed by atoms with van der Waals surface area (Å²) in [6.45, 7) is 4.25. The van der Waals surface area contributed by atoms with Crippen molar-refractivity contribution >= 4 is 28.5 Å². The summed E-state index contributed by atoms with van der Waals surface area (Å²) < 4.78 is 12.1. The summed E-state index contributed by atoms with van der Waals surface area (Å²) in [6, 6.07) is 17.2. The maximum absolute atomic E-state index is 12.8. The summed E-state index contributed by atoms with van der Waals surface area (Å²) in [5.41, 5.74) is 0.876. The molecule has 0 saturated heterocycles. The molecule has 146 valence electrons. The molecular weight excluding hydrogens is 469 g/mol. The molecule has 28 heavy (non-hydrogen) atoms. The molecule has 0 radical (unpaired) electrons. The molecule has 7 heteroatoms. The van der Waals surface area contributed by atoms with Crippen LogP contribution in [0.4, 0.5) is 0 Å². The molecule has 0 unspecified atom stereocenters. The van der Waals surface area contributed by atoms with Crippen molar-refractivity contribution < 1.29 is 14.1 Å². The Morgan fingerprint density at radius 3 is 2.57 bits per heavy atom. The van der Waals surface area contributed by atoms with Gasteiger partial charge >= 0.3 is 0 Å². The zero-order valence-electron chi connectivity index (χ0n) is 15.8. The topological polar surface area (TPSA) is 68.5 Å². The van der Waals surface area contributed by atoms with Crippen molar-refractivity contribution in [2.24, 2.45) is 0 Å². The van der Waals surface area contributed by atoms with Crippen molar-refractivity contribution in [1.82, 2.24) is 15.0 Å². The molecule has 0 saturated carbocycles. The fourth-order valence-electron chi connectivity index (χ4n) is 2.64. The zero-order chi connectivity index (χ0) is 19.9. The Morgan fingerprint density at radius 2 is 1.89 bits per heavy atom. The van der Waals surface area contributed by atoms with E-state index in [4.69, 9.17) is 9.26 Å². The van der Waals surface area contributed by atoms with Gasteiger partial charge in [-0.15, -0.1) is 0 Å². The molecule has 1 aromatic heterocycles. The lowest BCUT2D eigenvalue weighted by Gasteiger charge is -2.27. The van der Waals surface area contributed by atoms with Gasteiger partial charge in [-0.2, -0.15) is 4.98 Å². The van der Waals surface area contributed by atoms with Crippen molar-refractivity contribution in [3.8, 4) is 17.1 Å². The first-order chi connectivity index (χ1) is 13.6. The summed E-state index contributed by atoms with van der Waals surface area (Å²) in [6.07, 6.45) is 0.814. The van der Waals surface area contributed by atoms with Gasteiger partial charge in [0.05, 0.1) is 0 Å². The van der Waals surface area contributed by atoms with Gasteiger partial charge in [-0.05, 0) is 60.2 Å². The molecule has 1 atom stereocenters. The van der Waals surface area contributed by atoms with Crippen LogP contribution in [-0.2, 0) is 11.3 Å². The van der Waals surface area contributed by atoms with Crippen molar-refractivity contribution in [3.63, 3.8) is 0 Å². The van der Waals surface area contributed by atoms with Gasteiger partial charge in [-0.1, -0.05) is 42.4 Å². The first kappa shape index (κ1) is 20.3. The number of rotatable bonds is 8. The Kier molecular flexibility index (Phi) is 7.02. The van der Waals surface area contributed by atoms with Crippen LogP contribution >= 0.6 is 22.6 Å². The summed E-state index contributed by atoms with van der Waals surface area (Å²) in [4.78, 5) is 18.9. The second-order valence-corrected chi connectivity index (χ2v) is 7.64. The molecule has 2 aromatic carbocycles. The molecule has 3 aromatic rings. The number of hydrogen-bond donors (Lipinski definition) is 0. The highest BCUT2D eigenvalue weighted by Crippen LogP contribution is 2.18. The standard InChI is InChI=1S/C21H22IN3O3/c1-3-15(2)25(20(26)14-27-18-11-9-17(22)10-12-18)13-19-23-21(24-28-19)16-7-5-4-6-8-16/h4-12,15H,3,13-14H2,1-2H3/t15-/m1/s1. The average molecular weight is 491 g/mol. The van der Waals surface area contributed by atoms with E-state index in [-0.39, 0.29) is 25.1 Å². The smallest absolute Gasteiger partial charge is 0.261 e. The van der Waals surface area contributed by atoms with Crippen LogP contribution in [-0.4, -0.2) is 33.6 Å². The van der Waals surface area contributed by atoms with Gasteiger partial charge < -0.3 is 14.2 Å². The molecule has 0 spiro atoms. The van der Waals surface area contributed by atoms with Gasteiger partial charge in [-0.3, -0.25) is 4.79 Å². The second kappa shape index (κ2) is 9.68. The maximum Gasteiger partial charge on any atom is 0.261 e. The van der Waals surface area contributed by atoms with Crippen molar-refractivity contribution in [1.29, 1.82) is 0 Å². The number of halogens is 1. The predicted octanol–water partition coefficient (Wildman–Crippen LogP) is 4.55. The van der Waals surface area contributed by atoms with Gasteiger partial charge in [-0.25, -0.2) is 0 Å². The van der Waals surface area contributed by atoms with Gasteiger partial charge in [0.25, 0.3) is 5.91 Å². The summed E-state index contributed by atoms with van der Waals surface area (Å²) in [5, 5.41) is 4.03. The minimum atomic E-state index is -0.118. The number of aromatic nitrogens is 2. The molecule has 0 aliphatic rings. The summed E-state index contributed by atoms with van der Waals surface area (Å²) in [7, 11) is 0. The molecule has 1 heterocycles.